The molecule has 2 amide bonds. The summed E-state index contributed by atoms with van der Waals surface area (Å²) >= 11 is 0. The zero-order chi connectivity index (χ0) is 36.8. The molecule has 1 aliphatic carbocycles. The highest BCUT2D eigenvalue weighted by molar-refractivity contribution is 5.85. The molecule has 6 rings (SSSR count). The lowest BCUT2D eigenvalue weighted by atomic mass is 9.95. The van der Waals surface area contributed by atoms with Gasteiger partial charge in [-0.05, 0) is 62.8 Å². The van der Waals surface area contributed by atoms with E-state index in [2.05, 4.69) is 55.6 Å². The van der Waals surface area contributed by atoms with Crippen LogP contribution in [0.3, 0.4) is 0 Å². The summed E-state index contributed by atoms with van der Waals surface area (Å²) < 4.78 is 38.0. The Labute approximate surface area is 294 Å². The lowest BCUT2D eigenvalue weighted by Crippen LogP contribution is -2.54. The number of halogens is 3. The fourth-order valence-electron chi connectivity index (χ4n) is 6.31. The zero-order valence-corrected chi connectivity index (χ0v) is 28.6. The molecule has 3 fully saturated rings. The standard InChI is InChI=1S/C34H41N7O3.C2HF3O2/c1-34(2,33(43)39-14-11-36-12-15-39)44-31-17-25(19-35)16-30(18-31)40-13-3-4-27(23-40)32(42)41(29-9-10-29)22-24-5-7-26(8-6-24)28-20-37-38-21-28;3-2(4,5)1(6)7/h5-8,16-18,20-21,27,29,36H,3-4,9-15,22-23H2,1-2H3,(H,37,38);(H,6,7)/t27-;/m0./s1. The number of nitrogens with zero attached hydrogens (tertiary/aromatic N) is 5. The Balaban J connectivity index is 0.000000654. The molecule has 3 aliphatic rings. The summed E-state index contributed by atoms with van der Waals surface area (Å²) in [4.78, 5) is 42.2. The highest BCUT2D eigenvalue weighted by Crippen LogP contribution is 2.34. The van der Waals surface area contributed by atoms with E-state index in [0.29, 0.717) is 43.5 Å². The number of aromatic amines is 1. The second-order valence-corrected chi connectivity index (χ2v) is 13.5. The topological polar surface area (TPSA) is 155 Å². The lowest BCUT2D eigenvalue weighted by molar-refractivity contribution is -0.192. The molecule has 0 spiro atoms. The number of benzene rings is 2. The van der Waals surface area contributed by atoms with Gasteiger partial charge in [-0.1, -0.05) is 24.3 Å². The number of carbonyl (C=O) groups is 3. The third-order valence-corrected chi connectivity index (χ3v) is 9.10. The minimum absolute atomic E-state index is 0.0668. The molecule has 2 saturated heterocycles. The van der Waals surface area contributed by atoms with Gasteiger partial charge in [-0.3, -0.25) is 14.7 Å². The van der Waals surface area contributed by atoms with E-state index in [4.69, 9.17) is 14.6 Å². The van der Waals surface area contributed by atoms with Crippen LogP contribution in [-0.4, -0.2) is 100.0 Å². The van der Waals surface area contributed by atoms with Crippen LogP contribution < -0.4 is 15.0 Å². The molecule has 0 radical (unpaired) electrons. The van der Waals surface area contributed by atoms with E-state index in [1.807, 2.05) is 23.2 Å². The summed E-state index contributed by atoms with van der Waals surface area (Å²) in [6.45, 7) is 8.36. The summed E-state index contributed by atoms with van der Waals surface area (Å²) in [5, 5.41) is 27.1. The zero-order valence-electron chi connectivity index (χ0n) is 28.6. The lowest BCUT2D eigenvalue weighted by Gasteiger charge is -2.37. The van der Waals surface area contributed by atoms with Crippen molar-refractivity contribution in [2.45, 2.75) is 63.9 Å². The number of aromatic nitrogens is 2. The van der Waals surface area contributed by atoms with Crippen molar-refractivity contribution in [3.63, 3.8) is 0 Å². The van der Waals surface area contributed by atoms with Crippen LogP contribution in [-0.2, 0) is 20.9 Å². The molecular formula is C36H42F3N7O5. The molecule has 0 bridgehead atoms. The van der Waals surface area contributed by atoms with Crippen LogP contribution in [0, 0.1) is 17.2 Å². The van der Waals surface area contributed by atoms with E-state index < -0.39 is 17.7 Å². The number of H-pyrrole nitrogens is 1. The fourth-order valence-corrected chi connectivity index (χ4v) is 6.31. The largest absolute Gasteiger partial charge is 0.490 e. The Morgan fingerprint density at radius 1 is 1.04 bits per heavy atom. The van der Waals surface area contributed by atoms with Gasteiger partial charge in [0.05, 0.1) is 23.7 Å². The van der Waals surface area contributed by atoms with Crippen molar-refractivity contribution >= 4 is 23.5 Å². The molecule has 15 heteroatoms. The number of rotatable bonds is 9. The predicted molar refractivity (Wildman–Crippen MR) is 182 cm³/mol. The number of aliphatic carboxylic acids is 1. The Kier molecular flexibility index (Phi) is 11.5. The fraction of sp³-hybridized carbons (Fsp3) is 0.472. The second-order valence-electron chi connectivity index (χ2n) is 13.5. The summed E-state index contributed by atoms with van der Waals surface area (Å²) in [5.74, 6) is -2.27. The molecule has 12 nitrogen and oxygen atoms in total. The van der Waals surface area contributed by atoms with Gasteiger partial charge in [0.15, 0.2) is 5.60 Å². The van der Waals surface area contributed by atoms with Gasteiger partial charge in [-0.2, -0.15) is 23.5 Å². The highest BCUT2D eigenvalue weighted by Gasteiger charge is 2.39. The minimum atomic E-state index is -5.08. The molecule has 3 heterocycles. The van der Waals surface area contributed by atoms with Crippen molar-refractivity contribution in [3.8, 4) is 22.9 Å². The first-order valence-electron chi connectivity index (χ1n) is 16.9. The first kappa shape index (κ1) is 37.2. The number of alkyl halides is 3. The molecule has 0 unspecified atom stereocenters. The number of hydrogen-bond donors (Lipinski definition) is 3. The van der Waals surface area contributed by atoms with Gasteiger partial charge in [0, 0.05) is 75.4 Å². The van der Waals surface area contributed by atoms with Gasteiger partial charge in [-0.25, -0.2) is 4.79 Å². The average Bonchev–Trinajstić information content (AvgIpc) is 3.82. The average molecular weight is 710 g/mol. The number of amides is 2. The molecule has 3 N–H and O–H groups in total. The summed E-state index contributed by atoms with van der Waals surface area (Å²) in [6.07, 6.45) is 2.41. The number of ether oxygens (including phenoxy) is 1. The van der Waals surface area contributed by atoms with E-state index >= 15 is 0 Å². The Bertz CT molecular complexity index is 1710. The van der Waals surface area contributed by atoms with Crippen molar-refractivity contribution < 1.29 is 37.4 Å². The Hall–Kier alpha value is -5.10. The summed E-state index contributed by atoms with van der Waals surface area (Å²) in [6, 6.07) is 16.4. The monoisotopic (exact) mass is 709 g/mol. The SMILES string of the molecule is CC(C)(Oc1cc(C#N)cc(N2CCC[C@H](C(=O)N(Cc3ccc(-c4cn[nH]c4)cc3)C3CC3)C2)c1)C(=O)N1CCNCC1.O=C(O)C(F)(F)F. The molecule has 1 saturated carbocycles. The van der Waals surface area contributed by atoms with Crippen molar-refractivity contribution in [1.29, 1.82) is 5.26 Å². The Morgan fingerprint density at radius 3 is 2.31 bits per heavy atom. The van der Waals surface area contributed by atoms with Gasteiger partial charge in [-0.15, -0.1) is 0 Å². The molecule has 2 aliphatic heterocycles. The third-order valence-electron chi connectivity index (χ3n) is 9.10. The first-order chi connectivity index (χ1) is 24.2. The van der Waals surface area contributed by atoms with Gasteiger partial charge in [0.2, 0.25) is 5.91 Å². The molecule has 1 aromatic heterocycles. The highest BCUT2D eigenvalue weighted by atomic mass is 19.4. The molecule has 2 aromatic carbocycles. The second kappa shape index (κ2) is 15.8. The van der Waals surface area contributed by atoms with Gasteiger partial charge in [0.25, 0.3) is 5.91 Å². The normalized spacial score (nSPS) is 17.8. The minimum Gasteiger partial charge on any atom is -0.478 e. The summed E-state index contributed by atoms with van der Waals surface area (Å²) in [5.41, 5.74) is 3.48. The van der Waals surface area contributed by atoms with E-state index in [9.17, 15) is 28.0 Å². The van der Waals surface area contributed by atoms with Crippen molar-refractivity contribution in [1.82, 2.24) is 25.3 Å². The van der Waals surface area contributed by atoms with Crippen LogP contribution in [0.1, 0.15) is 50.7 Å². The van der Waals surface area contributed by atoms with E-state index in [1.165, 1.54) is 0 Å². The number of nitrogens with one attached hydrogen (secondary N) is 2. The Morgan fingerprint density at radius 2 is 1.73 bits per heavy atom. The summed E-state index contributed by atoms with van der Waals surface area (Å²) in [7, 11) is 0. The van der Waals surface area contributed by atoms with Crippen LogP contribution in [0.5, 0.6) is 5.75 Å². The maximum absolute atomic E-state index is 14.0. The molecular weight excluding hydrogens is 667 g/mol. The number of anilines is 1. The number of piperidine rings is 1. The number of carbonyl (C=O) groups excluding carboxylic acids is 2. The predicted octanol–water partition coefficient (Wildman–Crippen LogP) is 4.58. The van der Waals surface area contributed by atoms with E-state index in [-0.39, 0.29) is 17.7 Å². The van der Waals surface area contributed by atoms with Crippen molar-refractivity contribution in [2.75, 3.05) is 44.2 Å². The van der Waals surface area contributed by atoms with Crippen LogP contribution >= 0.6 is 0 Å². The van der Waals surface area contributed by atoms with Gasteiger partial charge >= 0.3 is 12.1 Å². The molecule has 3 aromatic rings. The van der Waals surface area contributed by atoms with Gasteiger partial charge in [0.1, 0.15) is 5.75 Å². The molecule has 51 heavy (non-hydrogen) atoms. The van der Waals surface area contributed by atoms with Crippen LogP contribution in [0.4, 0.5) is 18.9 Å². The van der Waals surface area contributed by atoms with Crippen molar-refractivity contribution in [3.05, 3.63) is 66.0 Å². The smallest absolute Gasteiger partial charge is 0.478 e. The van der Waals surface area contributed by atoms with Gasteiger partial charge < -0.3 is 29.9 Å². The van der Waals surface area contributed by atoms with Crippen LogP contribution in [0.2, 0.25) is 0 Å². The quantitative estimate of drug-likeness (QED) is 0.290. The molecule has 272 valence electrons. The van der Waals surface area contributed by atoms with Crippen LogP contribution in [0.25, 0.3) is 11.1 Å². The first-order valence-corrected chi connectivity index (χ1v) is 16.9. The maximum atomic E-state index is 14.0. The third kappa shape index (κ3) is 9.78. The number of carboxylic acids is 1. The van der Waals surface area contributed by atoms with Crippen LogP contribution in [0.15, 0.2) is 54.9 Å². The molecule has 1 atom stereocenters. The number of hydrogen-bond acceptors (Lipinski definition) is 8. The number of piperazine rings is 1. The number of carboxylic acid groups (broad SMARTS) is 1. The van der Waals surface area contributed by atoms with E-state index in [1.54, 1.807) is 26.1 Å². The van der Waals surface area contributed by atoms with Crippen molar-refractivity contribution in [2.24, 2.45) is 5.92 Å². The maximum Gasteiger partial charge on any atom is 0.490 e. The number of nitriles is 1. The van der Waals surface area contributed by atoms with E-state index in [0.717, 1.165) is 67.7 Å².